The molecule has 4 rings (SSSR count). The van der Waals surface area contributed by atoms with Gasteiger partial charge in [-0.05, 0) is 66.9 Å². The first-order chi connectivity index (χ1) is 14.9. The van der Waals surface area contributed by atoms with Crippen LogP contribution in [0.3, 0.4) is 0 Å². The van der Waals surface area contributed by atoms with Crippen LogP contribution in [-0.4, -0.2) is 17.5 Å². The number of nitrogens with zero attached hydrogens (tertiary/aromatic N) is 1. The molecule has 3 aromatic carbocycles. The molecule has 0 unspecified atom stereocenters. The second-order valence-electron chi connectivity index (χ2n) is 7.85. The maximum absolute atomic E-state index is 12.9. The van der Waals surface area contributed by atoms with E-state index in [9.17, 15) is 4.79 Å². The van der Waals surface area contributed by atoms with Gasteiger partial charge in [0.25, 0.3) is 5.91 Å². The standard InChI is InChI=1S/C25H23ClN2O3/c1-15(2)14-30-20-6-4-5-17(11-20)24(29)27-21-12-18(8-7-16(21)3)25-28-22-13-19(26)9-10-23(22)31-25/h4-13,15H,14H2,1-3H3,(H,27,29). The summed E-state index contributed by atoms with van der Waals surface area (Å²) in [4.78, 5) is 17.4. The minimum absolute atomic E-state index is 0.209. The van der Waals surface area contributed by atoms with Gasteiger partial charge < -0.3 is 14.5 Å². The number of oxazole rings is 1. The summed E-state index contributed by atoms with van der Waals surface area (Å²) >= 11 is 6.04. The van der Waals surface area contributed by atoms with Crippen molar-refractivity contribution in [1.82, 2.24) is 4.98 Å². The number of aromatic nitrogens is 1. The fourth-order valence-electron chi connectivity index (χ4n) is 3.10. The molecule has 0 radical (unpaired) electrons. The van der Waals surface area contributed by atoms with Crippen LogP contribution in [0.25, 0.3) is 22.6 Å². The number of benzene rings is 3. The maximum atomic E-state index is 12.9. The quantitative estimate of drug-likeness (QED) is 0.364. The van der Waals surface area contributed by atoms with E-state index in [0.717, 1.165) is 11.1 Å². The lowest BCUT2D eigenvalue weighted by Gasteiger charge is -2.12. The molecule has 0 aliphatic heterocycles. The predicted octanol–water partition coefficient (Wildman–Crippen LogP) is 6.74. The smallest absolute Gasteiger partial charge is 0.255 e. The van der Waals surface area contributed by atoms with Gasteiger partial charge in [-0.3, -0.25) is 4.79 Å². The number of rotatable bonds is 6. The van der Waals surface area contributed by atoms with Crippen LogP contribution in [0.5, 0.6) is 5.75 Å². The summed E-state index contributed by atoms with van der Waals surface area (Å²) in [6.45, 7) is 6.70. The number of fused-ring (bicyclic) bond motifs is 1. The van der Waals surface area contributed by atoms with E-state index in [1.165, 1.54) is 0 Å². The monoisotopic (exact) mass is 434 g/mol. The lowest BCUT2D eigenvalue weighted by Crippen LogP contribution is -2.13. The Morgan fingerprint density at radius 3 is 2.77 bits per heavy atom. The molecule has 4 aromatic rings. The minimum Gasteiger partial charge on any atom is -0.493 e. The van der Waals surface area contributed by atoms with Gasteiger partial charge in [0, 0.05) is 21.8 Å². The Morgan fingerprint density at radius 1 is 1.13 bits per heavy atom. The first-order valence-corrected chi connectivity index (χ1v) is 10.5. The number of nitrogens with one attached hydrogen (secondary N) is 1. The molecule has 5 nitrogen and oxygen atoms in total. The van der Waals surface area contributed by atoms with Gasteiger partial charge in [0.1, 0.15) is 11.3 Å². The first kappa shape index (κ1) is 20.9. The summed E-state index contributed by atoms with van der Waals surface area (Å²) in [6.07, 6.45) is 0. The van der Waals surface area contributed by atoms with Gasteiger partial charge in [0.05, 0.1) is 6.61 Å². The van der Waals surface area contributed by atoms with Crippen LogP contribution in [-0.2, 0) is 0 Å². The summed E-state index contributed by atoms with van der Waals surface area (Å²) < 4.78 is 11.6. The molecule has 6 heteroatoms. The van der Waals surface area contributed by atoms with Crippen LogP contribution < -0.4 is 10.1 Å². The molecule has 0 saturated heterocycles. The van der Waals surface area contributed by atoms with Crippen LogP contribution in [0.15, 0.2) is 65.1 Å². The van der Waals surface area contributed by atoms with Crippen molar-refractivity contribution in [2.24, 2.45) is 5.92 Å². The number of anilines is 1. The third-order valence-corrected chi connectivity index (χ3v) is 5.00. The van der Waals surface area contributed by atoms with Crippen molar-refractivity contribution in [3.8, 4) is 17.2 Å². The third-order valence-electron chi connectivity index (χ3n) is 4.76. The van der Waals surface area contributed by atoms with Crippen molar-refractivity contribution < 1.29 is 13.9 Å². The van der Waals surface area contributed by atoms with Gasteiger partial charge in [0.2, 0.25) is 5.89 Å². The highest BCUT2D eigenvalue weighted by atomic mass is 35.5. The number of amides is 1. The van der Waals surface area contributed by atoms with Crippen molar-refractivity contribution in [1.29, 1.82) is 0 Å². The van der Waals surface area contributed by atoms with Crippen LogP contribution in [0.2, 0.25) is 5.02 Å². The van der Waals surface area contributed by atoms with Gasteiger partial charge >= 0.3 is 0 Å². The molecule has 1 amide bonds. The number of carbonyl (C=O) groups is 1. The average molecular weight is 435 g/mol. The lowest BCUT2D eigenvalue weighted by atomic mass is 10.1. The molecule has 1 heterocycles. The van der Waals surface area contributed by atoms with Gasteiger partial charge in [-0.2, -0.15) is 0 Å². The Hall–Kier alpha value is -3.31. The second-order valence-corrected chi connectivity index (χ2v) is 8.28. The molecule has 0 fully saturated rings. The van der Waals surface area contributed by atoms with E-state index < -0.39 is 0 Å². The van der Waals surface area contributed by atoms with Crippen LogP contribution in [0, 0.1) is 12.8 Å². The SMILES string of the molecule is Cc1ccc(-c2nc3cc(Cl)ccc3o2)cc1NC(=O)c1cccc(OCC(C)C)c1. The van der Waals surface area contributed by atoms with Crippen LogP contribution >= 0.6 is 11.6 Å². The van der Waals surface area contributed by atoms with Crippen molar-refractivity contribution in [2.45, 2.75) is 20.8 Å². The fourth-order valence-corrected chi connectivity index (χ4v) is 3.26. The van der Waals surface area contributed by atoms with E-state index in [0.29, 0.717) is 51.5 Å². The Balaban J connectivity index is 1.57. The molecule has 0 aliphatic carbocycles. The van der Waals surface area contributed by atoms with Crippen LogP contribution in [0.1, 0.15) is 29.8 Å². The Morgan fingerprint density at radius 2 is 1.97 bits per heavy atom. The van der Waals surface area contributed by atoms with E-state index >= 15 is 0 Å². The number of hydrogen-bond donors (Lipinski definition) is 1. The van der Waals surface area contributed by atoms with Gasteiger partial charge in [-0.15, -0.1) is 0 Å². The second kappa shape index (κ2) is 8.82. The highest BCUT2D eigenvalue weighted by Crippen LogP contribution is 2.29. The largest absolute Gasteiger partial charge is 0.493 e. The lowest BCUT2D eigenvalue weighted by molar-refractivity contribution is 0.102. The molecule has 0 bridgehead atoms. The molecule has 158 valence electrons. The first-order valence-electron chi connectivity index (χ1n) is 10.1. The highest BCUT2D eigenvalue weighted by molar-refractivity contribution is 6.31. The normalized spacial score (nSPS) is 11.1. The number of hydrogen-bond acceptors (Lipinski definition) is 4. The molecule has 0 saturated carbocycles. The zero-order valence-electron chi connectivity index (χ0n) is 17.6. The molecule has 0 atom stereocenters. The third kappa shape index (κ3) is 4.89. The van der Waals surface area contributed by atoms with Crippen molar-refractivity contribution in [3.63, 3.8) is 0 Å². The molecule has 1 aromatic heterocycles. The van der Waals surface area contributed by atoms with Gasteiger partial charge in [0.15, 0.2) is 5.58 Å². The molecule has 1 N–H and O–H groups in total. The Labute approximate surface area is 186 Å². The summed E-state index contributed by atoms with van der Waals surface area (Å²) in [7, 11) is 0. The van der Waals surface area contributed by atoms with E-state index in [2.05, 4.69) is 24.1 Å². The molecule has 0 spiro atoms. The van der Waals surface area contributed by atoms with E-state index in [-0.39, 0.29) is 5.91 Å². The Bertz CT molecular complexity index is 1250. The number of carbonyl (C=O) groups excluding carboxylic acids is 1. The predicted molar refractivity (Wildman–Crippen MR) is 124 cm³/mol. The molecular formula is C25H23ClN2O3. The summed E-state index contributed by atoms with van der Waals surface area (Å²) in [6, 6.07) is 18.2. The number of aryl methyl sites for hydroxylation is 1. The highest BCUT2D eigenvalue weighted by Gasteiger charge is 2.13. The van der Waals surface area contributed by atoms with Crippen molar-refractivity contribution >= 4 is 34.3 Å². The maximum Gasteiger partial charge on any atom is 0.255 e. The molecule has 0 aliphatic rings. The number of ether oxygens (including phenoxy) is 1. The molecule has 31 heavy (non-hydrogen) atoms. The van der Waals surface area contributed by atoms with Crippen LogP contribution in [0.4, 0.5) is 5.69 Å². The topological polar surface area (TPSA) is 64.4 Å². The van der Waals surface area contributed by atoms with E-state index in [4.69, 9.17) is 20.8 Å². The summed E-state index contributed by atoms with van der Waals surface area (Å²) in [5.41, 5.74) is 4.26. The van der Waals surface area contributed by atoms with Crippen molar-refractivity contribution in [2.75, 3.05) is 11.9 Å². The van der Waals surface area contributed by atoms with Gasteiger partial charge in [-0.1, -0.05) is 37.6 Å². The van der Waals surface area contributed by atoms with Gasteiger partial charge in [-0.25, -0.2) is 4.98 Å². The molecular weight excluding hydrogens is 412 g/mol. The summed E-state index contributed by atoms with van der Waals surface area (Å²) in [5.74, 6) is 1.35. The fraction of sp³-hybridized carbons (Fsp3) is 0.200. The average Bonchev–Trinajstić information content (AvgIpc) is 3.17. The zero-order chi connectivity index (χ0) is 22.0. The Kier molecular flexibility index (Phi) is 5.96. The summed E-state index contributed by atoms with van der Waals surface area (Å²) in [5, 5.41) is 3.59. The van der Waals surface area contributed by atoms with E-state index in [1.54, 1.807) is 30.3 Å². The number of halogens is 1. The zero-order valence-corrected chi connectivity index (χ0v) is 18.4. The van der Waals surface area contributed by atoms with Crippen molar-refractivity contribution in [3.05, 3.63) is 76.8 Å². The van der Waals surface area contributed by atoms with E-state index in [1.807, 2.05) is 37.3 Å². The minimum atomic E-state index is -0.209.